The average Bonchev–Trinajstić information content (AvgIpc) is 2.34. The molecule has 0 radical (unpaired) electrons. The Bertz CT molecular complexity index is 143. The van der Waals surface area contributed by atoms with Gasteiger partial charge in [0.05, 0.1) is 6.54 Å². The van der Waals surface area contributed by atoms with Gasteiger partial charge in [0.25, 0.3) is 0 Å². The molecule has 0 saturated heterocycles. The maximum absolute atomic E-state index is 5.57. The summed E-state index contributed by atoms with van der Waals surface area (Å²) in [5.41, 5.74) is -0.0278. The number of hydrogen-bond donors (Lipinski definition) is 0. The van der Waals surface area contributed by atoms with E-state index < -0.39 is 0 Å². The van der Waals surface area contributed by atoms with Crippen LogP contribution in [-0.4, -0.2) is 18.5 Å². The first-order valence-electron chi connectivity index (χ1n) is 4.25. The smallest absolute Gasteiger partial charge is 0.170 e. The van der Waals surface area contributed by atoms with Gasteiger partial charge in [0.1, 0.15) is 5.60 Å². The van der Waals surface area contributed by atoms with Gasteiger partial charge in [-0.1, -0.05) is 27.7 Å². The van der Waals surface area contributed by atoms with Crippen molar-refractivity contribution < 1.29 is 4.74 Å². The molecule has 0 aromatic carbocycles. The van der Waals surface area contributed by atoms with Gasteiger partial charge in [-0.05, 0) is 11.8 Å². The molecule has 0 bridgehead atoms. The van der Waals surface area contributed by atoms with Gasteiger partial charge in [-0.2, -0.15) is 0 Å². The number of nitrogens with zero attached hydrogens (tertiary/aromatic N) is 1. The highest BCUT2D eigenvalue weighted by molar-refractivity contribution is 5.50. The summed E-state index contributed by atoms with van der Waals surface area (Å²) in [4.78, 5) is 4.13. The zero-order chi connectivity index (χ0) is 8.48. The largest absolute Gasteiger partial charge is 0.475 e. The predicted octanol–water partition coefficient (Wildman–Crippen LogP) is 2.10. The van der Waals surface area contributed by atoms with Gasteiger partial charge in [0.2, 0.25) is 0 Å². The van der Waals surface area contributed by atoms with E-state index in [1.165, 1.54) is 0 Å². The summed E-state index contributed by atoms with van der Waals surface area (Å²) in [5, 5.41) is 0. The van der Waals surface area contributed by atoms with Crippen LogP contribution in [0.3, 0.4) is 0 Å². The summed E-state index contributed by atoms with van der Waals surface area (Å²) in [6.07, 6.45) is 1.60. The molecule has 0 fully saturated rings. The molecule has 0 N–H and O–H groups in total. The van der Waals surface area contributed by atoms with E-state index in [0.717, 1.165) is 6.54 Å². The van der Waals surface area contributed by atoms with Gasteiger partial charge in [0, 0.05) is 0 Å². The first-order valence-corrected chi connectivity index (χ1v) is 4.25. The van der Waals surface area contributed by atoms with Crippen molar-refractivity contribution in [3.63, 3.8) is 0 Å². The van der Waals surface area contributed by atoms with E-state index >= 15 is 0 Å². The van der Waals surface area contributed by atoms with Gasteiger partial charge >= 0.3 is 0 Å². The minimum absolute atomic E-state index is 0.0278. The summed E-state index contributed by atoms with van der Waals surface area (Å²) in [6.45, 7) is 9.58. The summed E-state index contributed by atoms with van der Waals surface area (Å²) >= 11 is 0. The van der Waals surface area contributed by atoms with Crippen molar-refractivity contribution in [2.45, 2.75) is 33.3 Å². The Balaban J connectivity index is 2.73. The molecule has 0 amide bonds. The van der Waals surface area contributed by atoms with E-state index in [2.05, 4.69) is 32.7 Å². The Morgan fingerprint density at radius 3 is 2.00 bits per heavy atom. The zero-order valence-electron chi connectivity index (χ0n) is 7.79. The second-order valence-corrected chi connectivity index (χ2v) is 3.83. The van der Waals surface area contributed by atoms with E-state index in [1.807, 2.05) is 0 Å². The predicted molar refractivity (Wildman–Crippen MR) is 46.9 cm³/mol. The fourth-order valence-corrected chi connectivity index (χ4v) is 1.66. The average molecular weight is 155 g/mol. The van der Waals surface area contributed by atoms with Gasteiger partial charge < -0.3 is 4.74 Å². The summed E-state index contributed by atoms with van der Waals surface area (Å²) in [6, 6.07) is 0. The molecule has 11 heavy (non-hydrogen) atoms. The van der Waals surface area contributed by atoms with Crippen LogP contribution < -0.4 is 0 Å². The topological polar surface area (TPSA) is 21.6 Å². The molecule has 2 heteroatoms. The van der Waals surface area contributed by atoms with Gasteiger partial charge in [0.15, 0.2) is 6.40 Å². The van der Waals surface area contributed by atoms with E-state index in [-0.39, 0.29) is 5.60 Å². The summed E-state index contributed by atoms with van der Waals surface area (Å²) in [7, 11) is 0. The van der Waals surface area contributed by atoms with E-state index in [9.17, 15) is 0 Å². The minimum atomic E-state index is -0.0278. The highest BCUT2D eigenvalue weighted by Crippen LogP contribution is 2.32. The lowest BCUT2D eigenvalue weighted by molar-refractivity contribution is -0.000955. The molecule has 2 nitrogen and oxygen atoms in total. The standard InChI is InChI=1S/C9H17NO/c1-7(2)9(8(3)4)5-10-6-11-9/h6-8H,5H2,1-4H3. The summed E-state index contributed by atoms with van der Waals surface area (Å²) in [5.74, 6) is 1.06. The highest BCUT2D eigenvalue weighted by atomic mass is 16.5. The molecule has 0 aliphatic carbocycles. The van der Waals surface area contributed by atoms with Crippen LogP contribution in [0.5, 0.6) is 0 Å². The molecule has 0 spiro atoms. The van der Waals surface area contributed by atoms with Crippen molar-refractivity contribution in [1.82, 2.24) is 0 Å². The molecular formula is C9H17NO. The van der Waals surface area contributed by atoms with Crippen LogP contribution in [0.2, 0.25) is 0 Å². The van der Waals surface area contributed by atoms with Crippen molar-refractivity contribution in [2.75, 3.05) is 6.54 Å². The Kier molecular flexibility index (Phi) is 2.21. The number of rotatable bonds is 2. The third-order valence-corrected chi connectivity index (χ3v) is 2.64. The number of aliphatic imine (C=N–C) groups is 1. The quantitative estimate of drug-likeness (QED) is 0.598. The van der Waals surface area contributed by atoms with Crippen LogP contribution in [-0.2, 0) is 4.74 Å². The first kappa shape index (κ1) is 8.57. The molecule has 0 unspecified atom stereocenters. The Morgan fingerprint density at radius 2 is 1.82 bits per heavy atom. The van der Waals surface area contributed by atoms with Crippen molar-refractivity contribution in [1.29, 1.82) is 0 Å². The van der Waals surface area contributed by atoms with Crippen molar-refractivity contribution in [3.8, 4) is 0 Å². The lowest BCUT2D eigenvalue weighted by Gasteiger charge is -2.35. The Hall–Kier alpha value is -0.530. The van der Waals surface area contributed by atoms with Crippen LogP contribution in [0.25, 0.3) is 0 Å². The highest BCUT2D eigenvalue weighted by Gasteiger charge is 2.40. The second-order valence-electron chi connectivity index (χ2n) is 3.83. The number of hydrogen-bond acceptors (Lipinski definition) is 2. The molecule has 0 atom stereocenters. The Morgan fingerprint density at radius 1 is 1.27 bits per heavy atom. The maximum Gasteiger partial charge on any atom is 0.170 e. The van der Waals surface area contributed by atoms with Gasteiger partial charge in [-0.15, -0.1) is 0 Å². The molecule has 1 aliphatic heterocycles. The molecule has 0 aromatic heterocycles. The third kappa shape index (κ3) is 1.26. The van der Waals surface area contributed by atoms with E-state index in [4.69, 9.17) is 4.74 Å². The molecule has 0 aromatic rings. The van der Waals surface area contributed by atoms with E-state index in [1.54, 1.807) is 6.40 Å². The minimum Gasteiger partial charge on any atom is -0.475 e. The molecule has 1 rings (SSSR count). The first-order chi connectivity index (χ1) is 5.09. The zero-order valence-corrected chi connectivity index (χ0v) is 7.79. The lowest BCUT2D eigenvalue weighted by Crippen LogP contribution is -2.43. The molecule has 1 aliphatic rings. The van der Waals surface area contributed by atoms with Crippen molar-refractivity contribution >= 4 is 6.40 Å². The molecular weight excluding hydrogens is 138 g/mol. The van der Waals surface area contributed by atoms with Crippen molar-refractivity contribution in [3.05, 3.63) is 0 Å². The third-order valence-electron chi connectivity index (χ3n) is 2.64. The van der Waals surface area contributed by atoms with Crippen molar-refractivity contribution in [2.24, 2.45) is 16.8 Å². The van der Waals surface area contributed by atoms with Crippen LogP contribution in [0, 0.1) is 11.8 Å². The van der Waals surface area contributed by atoms with E-state index in [0.29, 0.717) is 11.8 Å². The van der Waals surface area contributed by atoms with Gasteiger partial charge in [-0.25, -0.2) is 0 Å². The normalized spacial score (nSPS) is 21.3. The maximum atomic E-state index is 5.57. The van der Waals surface area contributed by atoms with Gasteiger partial charge in [-0.3, -0.25) is 4.99 Å². The molecule has 1 heterocycles. The second kappa shape index (κ2) is 2.84. The SMILES string of the molecule is CC(C)C1(C(C)C)CN=CO1. The fourth-order valence-electron chi connectivity index (χ4n) is 1.66. The van der Waals surface area contributed by atoms with Crippen LogP contribution in [0.15, 0.2) is 4.99 Å². The Labute approximate surface area is 68.7 Å². The van der Waals surface area contributed by atoms with Crippen LogP contribution in [0.4, 0.5) is 0 Å². The lowest BCUT2D eigenvalue weighted by atomic mass is 9.80. The summed E-state index contributed by atoms with van der Waals surface area (Å²) < 4.78 is 5.57. The van der Waals surface area contributed by atoms with Crippen LogP contribution >= 0.6 is 0 Å². The number of ether oxygens (including phenoxy) is 1. The molecule has 64 valence electrons. The van der Waals surface area contributed by atoms with Crippen LogP contribution in [0.1, 0.15) is 27.7 Å². The molecule has 0 saturated carbocycles. The monoisotopic (exact) mass is 155 g/mol. The fraction of sp³-hybridized carbons (Fsp3) is 0.889.